The molecule has 2 saturated carbocycles. The average Bonchev–Trinajstić information content (AvgIpc) is 3.94. The zero-order valence-electron chi connectivity index (χ0n) is 26.0. The van der Waals surface area contributed by atoms with E-state index >= 15 is 0 Å². The molecule has 46 heavy (non-hydrogen) atoms. The average molecular weight is 613 g/mol. The lowest BCUT2D eigenvalue weighted by atomic mass is 9.86. The van der Waals surface area contributed by atoms with Crippen molar-refractivity contribution in [3.8, 4) is 0 Å². The first-order valence-electron chi connectivity index (χ1n) is 17.0. The van der Waals surface area contributed by atoms with Gasteiger partial charge in [0.2, 0.25) is 0 Å². The normalized spacial score (nSPS) is 31.0. The molecule has 3 aromatic carbocycles. The van der Waals surface area contributed by atoms with E-state index in [4.69, 9.17) is 9.47 Å². The molecule has 0 radical (unpaired) electrons. The monoisotopic (exact) mass is 612 g/mol. The summed E-state index contributed by atoms with van der Waals surface area (Å²) in [6.07, 6.45) is 12.4. The molecule has 0 unspecified atom stereocenters. The number of benzene rings is 3. The van der Waals surface area contributed by atoms with E-state index in [1.165, 1.54) is 24.2 Å². The molecule has 6 nitrogen and oxygen atoms in total. The smallest absolute Gasteiger partial charge is 0.338 e. The second-order valence-electron chi connectivity index (χ2n) is 14.4. The molecule has 6 aliphatic rings. The summed E-state index contributed by atoms with van der Waals surface area (Å²) in [6, 6.07) is 23.4. The van der Waals surface area contributed by atoms with Gasteiger partial charge in [-0.1, -0.05) is 48.6 Å². The van der Waals surface area contributed by atoms with E-state index < -0.39 is 0 Å². The fourth-order valence-corrected chi connectivity index (χ4v) is 9.54. The van der Waals surface area contributed by atoms with Crippen molar-refractivity contribution >= 4 is 23.3 Å². The summed E-state index contributed by atoms with van der Waals surface area (Å²) >= 11 is 0. The highest BCUT2D eigenvalue weighted by Gasteiger charge is 2.50. The minimum atomic E-state index is -0.326. The molecule has 2 aliphatic heterocycles. The molecule has 4 fully saturated rings. The Morgan fingerprint density at radius 3 is 1.15 bits per heavy atom. The van der Waals surface area contributed by atoms with Crippen molar-refractivity contribution < 1.29 is 19.1 Å². The number of hydrogen-bond acceptors (Lipinski definition) is 6. The van der Waals surface area contributed by atoms with Gasteiger partial charge in [-0.15, -0.1) is 0 Å². The van der Waals surface area contributed by atoms with Gasteiger partial charge in [-0.05, 0) is 120 Å². The molecular formula is C40H40N2O4. The number of carbonyl (C=O) groups excluding carboxylic acids is 2. The van der Waals surface area contributed by atoms with Gasteiger partial charge in [0.1, 0.15) is 13.2 Å². The first-order valence-corrected chi connectivity index (χ1v) is 17.0. The molecule has 2 heterocycles. The van der Waals surface area contributed by atoms with E-state index in [1.807, 2.05) is 48.5 Å². The van der Waals surface area contributed by atoms with Crippen LogP contribution in [0.25, 0.3) is 0 Å². The molecular weight excluding hydrogens is 572 g/mol. The van der Waals surface area contributed by atoms with Crippen LogP contribution in [-0.4, -0.2) is 38.1 Å². The molecule has 2 saturated heterocycles. The summed E-state index contributed by atoms with van der Waals surface area (Å²) in [5, 5.41) is 0. The van der Waals surface area contributed by atoms with Crippen LogP contribution in [0.5, 0.6) is 0 Å². The lowest BCUT2D eigenvalue weighted by Crippen LogP contribution is -2.22. The van der Waals surface area contributed by atoms with Gasteiger partial charge in [-0.25, -0.2) is 9.59 Å². The van der Waals surface area contributed by atoms with E-state index in [0.29, 0.717) is 11.1 Å². The van der Waals surface area contributed by atoms with Crippen LogP contribution in [0.3, 0.4) is 0 Å². The summed E-state index contributed by atoms with van der Waals surface area (Å²) < 4.78 is 11.2. The highest BCUT2D eigenvalue weighted by molar-refractivity contribution is 5.90. The minimum absolute atomic E-state index is 0.189. The summed E-state index contributed by atoms with van der Waals surface area (Å²) in [5.41, 5.74) is 5.27. The second-order valence-corrected chi connectivity index (χ2v) is 14.4. The number of fused-ring (bicyclic) bond motifs is 10. The zero-order chi connectivity index (χ0) is 30.8. The molecule has 0 amide bonds. The summed E-state index contributed by atoms with van der Waals surface area (Å²) in [6.45, 7) is 4.83. The third kappa shape index (κ3) is 4.94. The minimum Gasteiger partial charge on any atom is -0.457 e. The van der Waals surface area contributed by atoms with Crippen molar-refractivity contribution in [2.75, 3.05) is 36.0 Å². The van der Waals surface area contributed by atoms with Crippen LogP contribution in [-0.2, 0) is 22.7 Å². The Bertz CT molecular complexity index is 1530. The predicted octanol–water partition coefficient (Wildman–Crippen LogP) is 6.92. The maximum atomic E-state index is 12.7. The number of carbonyl (C=O) groups is 2. The lowest BCUT2D eigenvalue weighted by Gasteiger charge is -2.21. The third-order valence-corrected chi connectivity index (χ3v) is 12.0. The van der Waals surface area contributed by atoms with Gasteiger partial charge in [0, 0.05) is 37.6 Å². The van der Waals surface area contributed by atoms with E-state index in [1.54, 1.807) is 0 Å². The van der Waals surface area contributed by atoms with Crippen molar-refractivity contribution in [3.63, 3.8) is 0 Å². The maximum absolute atomic E-state index is 12.7. The number of anilines is 2. The maximum Gasteiger partial charge on any atom is 0.338 e. The first-order chi connectivity index (χ1) is 22.6. The van der Waals surface area contributed by atoms with Gasteiger partial charge in [-0.2, -0.15) is 0 Å². The highest BCUT2D eigenvalue weighted by Crippen LogP contribution is 2.53. The largest absolute Gasteiger partial charge is 0.457 e. The quantitative estimate of drug-likeness (QED) is 0.203. The predicted molar refractivity (Wildman–Crippen MR) is 177 cm³/mol. The van der Waals surface area contributed by atoms with E-state index in [-0.39, 0.29) is 25.2 Å². The Morgan fingerprint density at radius 1 is 0.500 bits per heavy atom. The first kappa shape index (κ1) is 27.9. The fourth-order valence-electron chi connectivity index (χ4n) is 9.54. The number of nitrogens with zero attached hydrogens (tertiary/aromatic N) is 2. The number of ether oxygens (including phenoxy) is 2. The van der Waals surface area contributed by atoms with Crippen LogP contribution < -0.4 is 9.80 Å². The van der Waals surface area contributed by atoms with Crippen LogP contribution >= 0.6 is 0 Å². The lowest BCUT2D eigenvalue weighted by molar-refractivity contribution is 0.0460. The topological polar surface area (TPSA) is 59.1 Å². The Kier molecular flexibility index (Phi) is 6.79. The van der Waals surface area contributed by atoms with Gasteiger partial charge in [0.05, 0.1) is 11.1 Å². The van der Waals surface area contributed by atoms with Crippen LogP contribution in [0.1, 0.15) is 44.7 Å². The third-order valence-electron chi connectivity index (χ3n) is 12.0. The molecule has 0 aromatic heterocycles. The highest BCUT2D eigenvalue weighted by atomic mass is 16.5. The van der Waals surface area contributed by atoms with Gasteiger partial charge >= 0.3 is 11.9 Å². The zero-order valence-corrected chi connectivity index (χ0v) is 26.0. The van der Waals surface area contributed by atoms with E-state index in [0.717, 1.165) is 84.6 Å². The van der Waals surface area contributed by atoms with Crippen molar-refractivity contribution in [3.05, 3.63) is 119 Å². The summed E-state index contributed by atoms with van der Waals surface area (Å²) in [4.78, 5) is 30.4. The molecule has 6 heteroatoms. The standard InChI is InChI=1S/C40H40N2O4/c43-39(27-9-13-33(14-10-27)41-19-35-29-5-6-30(17-29)36(35)20-41)45-23-25-1-2-26(4-3-25)24-46-40(44)28-11-15-34(16-12-28)42-21-37-31-7-8-32(18-31)38(37)22-42/h1-16,29-32,35-38H,17-24H2/t29-,30+,31-,32+,35-,36+,37-,38+. The molecule has 0 spiro atoms. The molecule has 3 aromatic rings. The number of rotatable bonds is 8. The number of allylic oxidation sites excluding steroid dienone is 4. The Hall–Kier alpha value is -4.32. The molecule has 0 N–H and O–H groups in total. The van der Waals surface area contributed by atoms with Crippen LogP contribution in [0, 0.1) is 47.3 Å². The summed E-state index contributed by atoms with van der Waals surface area (Å²) in [5.74, 6) is 5.50. The Morgan fingerprint density at radius 2 is 0.826 bits per heavy atom. The van der Waals surface area contributed by atoms with Gasteiger partial charge in [-0.3, -0.25) is 0 Å². The second kappa shape index (κ2) is 11.2. The van der Waals surface area contributed by atoms with Crippen molar-refractivity contribution in [2.45, 2.75) is 26.1 Å². The number of esters is 2. The molecule has 4 bridgehead atoms. The van der Waals surface area contributed by atoms with Gasteiger partial charge in [0.15, 0.2) is 0 Å². The summed E-state index contributed by atoms with van der Waals surface area (Å²) in [7, 11) is 0. The molecule has 8 atom stereocenters. The van der Waals surface area contributed by atoms with Crippen LogP contribution in [0.2, 0.25) is 0 Å². The van der Waals surface area contributed by atoms with Crippen molar-refractivity contribution in [1.29, 1.82) is 0 Å². The van der Waals surface area contributed by atoms with Gasteiger partial charge < -0.3 is 19.3 Å². The van der Waals surface area contributed by atoms with Crippen molar-refractivity contribution in [1.82, 2.24) is 0 Å². The van der Waals surface area contributed by atoms with E-state index in [9.17, 15) is 9.59 Å². The molecule has 4 aliphatic carbocycles. The number of hydrogen-bond donors (Lipinski definition) is 0. The molecule has 9 rings (SSSR count). The Labute approximate surface area is 270 Å². The SMILES string of the molecule is O=C(OCc1ccc(COC(=O)c2ccc(N3C[C@@H]4[C@H](C3)[C@@H]3C=C[C@H]4C3)cc2)cc1)c1ccc(N2C[C@@H]3[C@H](C2)[C@@H]2C=C[C@H]3C2)cc1. The van der Waals surface area contributed by atoms with Crippen molar-refractivity contribution in [2.24, 2.45) is 47.3 Å². The van der Waals surface area contributed by atoms with E-state index in [2.05, 4.69) is 58.4 Å². The molecule has 234 valence electrons. The Balaban J connectivity index is 0.730. The fraction of sp³-hybridized carbons (Fsp3) is 0.400. The van der Waals surface area contributed by atoms with Crippen LogP contribution in [0.15, 0.2) is 97.1 Å². The van der Waals surface area contributed by atoms with Crippen LogP contribution in [0.4, 0.5) is 11.4 Å². The van der Waals surface area contributed by atoms with Gasteiger partial charge in [0.25, 0.3) is 0 Å².